The monoisotopic (exact) mass is 423 g/mol. The number of allylic oxidation sites excluding steroid dienone is 1. The molecule has 1 aromatic rings. The van der Waals surface area contributed by atoms with E-state index in [0.717, 1.165) is 0 Å². The molecular formula is C13H12Br2ClNO3. The molecule has 20 heavy (non-hydrogen) atoms. The van der Waals surface area contributed by atoms with E-state index < -0.39 is 0 Å². The molecule has 0 saturated heterocycles. The molecule has 0 atom stereocenters. The van der Waals surface area contributed by atoms with E-state index >= 15 is 0 Å². The van der Waals surface area contributed by atoms with Crippen LogP contribution < -0.4 is 0 Å². The summed E-state index contributed by atoms with van der Waals surface area (Å²) in [5, 5.41) is 19.3. The first-order valence-electron chi connectivity index (χ1n) is 5.58. The molecule has 108 valence electrons. The number of Topliss-reactive ketones (excluding diaryl/α,β-unsaturated/α-hetero) is 1. The van der Waals surface area contributed by atoms with Crippen molar-refractivity contribution < 1.29 is 15.0 Å². The molecule has 0 saturated carbocycles. The number of ketones is 1. The first-order chi connectivity index (χ1) is 9.40. The van der Waals surface area contributed by atoms with Crippen molar-refractivity contribution in [2.75, 3.05) is 13.2 Å². The number of aliphatic imine (C=N–C) groups is 1. The summed E-state index contributed by atoms with van der Waals surface area (Å²) in [7, 11) is 0. The van der Waals surface area contributed by atoms with E-state index in [2.05, 4.69) is 36.9 Å². The van der Waals surface area contributed by atoms with Crippen molar-refractivity contribution in [3.63, 3.8) is 0 Å². The minimum absolute atomic E-state index is 0.0533. The maximum Gasteiger partial charge on any atom is 0.165 e. The van der Waals surface area contributed by atoms with Gasteiger partial charge >= 0.3 is 0 Å². The number of aliphatic hydroxyl groups excluding tert-OH is 2. The number of hydrogen-bond acceptors (Lipinski definition) is 4. The lowest BCUT2D eigenvalue weighted by atomic mass is 10.1. The SMILES string of the molecule is CC(=O)C(C=NCCO)=C(O)c1ccc(Br)c(Cl)c1Br. The van der Waals surface area contributed by atoms with Gasteiger partial charge in [-0.1, -0.05) is 11.6 Å². The van der Waals surface area contributed by atoms with Gasteiger partial charge in [0.05, 0.1) is 23.7 Å². The lowest BCUT2D eigenvalue weighted by Gasteiger charge is -2.09. The van der Waals surface area contributed by atoms with Crippen LogP contribution in [0.25, 0.3) is 5.76 Å². The van der Waals surface area contributed by atoms with Crippen molar-refractivity contribution >= 4 is 61.2 Å². The highest BCUT2D eigenvalue weighted by Gasteiger charge is 2.16. The Bertz CT molecular complexity index is 585. The Hall–Kier alpha value is -0.690. The van der Waals surface area contributed by atoms with Gasteiger partial charge in [-0.05, 0) is 50.9 Å². The van der Waals surface area contributed by atoms with Gasteiger partial charge in [0, 0.05) is 20.7 Å². The van der Waals surface area contributed by atoms with Crippen LogP contribution in [0.1, 0.15) is 12.5 Å². The fourth-order valence-electron chi connectivity index (χ4n) is 1.39. The molecule has 0 unspecified atom stereocenters. The summed E-state index contributed by atoms with van der Waals surface area (Å²) >= 11 is 12.6. The Kier molecular flexibility index (Phi) is 6.88. The van der Waals surface area contributed by atoms with Gasteiger partial charge in [-0.25, -0.2) is 0 Å². The number of benzene rings is 1. The Balaban J connectivity index is 3.36. The lowest BCUT2D eigenvalue weighted by Crippen LogP contribution is -2.04. The quantitative estimate of drug-likeness (QED) is 0.326. The molecule has 0 aromatic heterocycles. The van der Waals surface area contributed by atoms with Crippen LogP contribution in [0, 0.1) is 0 Å². The fraction of sp³-hybridized carbons (Fsp3) is 0.231. The van der Waals surface area contributed by atoms with Crippen LogP contribution in [-0.4, -0.2) is 35.4 Å². The minimum Gasteiger partial charge on any atom is -0.506 e. The molecular weight excluding hydrogens is 413 g/mol. The van der Waals surface area contributed by atoms with Crippen molar-refractivity contribution in [2.24, 2.45) is 4.99 Å². The molecule has 0 aliphatic rings. The normalized spacial score (nSPS) is 12.7. The zero-order valence-corrected chi connectivity index (χ0v) is 14.5. The zero-order valence-electron chi connectivity index (χ0n) is 10.5. The van der Waals surface area contributed by atoms with Gasteiger partial charge in [0.15, 0.2) is 5.78 Å². The lowest BCUT2D eigenvalue weighted by molar-refractivity contribution is -0.113. The van der Waals surface area contributed by atoms with Crippen LogP contribution in [0.3, 0.4) is 0 Å². The van der Waals surface area contributed by atoms with E-state index in [9.17, 15) is 9.90 Å². The molecule has 0 aliphatic carbocycles. The summed E-state index contributed by atoms with van der Waals surface area (Å²) in [5.41, 5.74) is 0.441. The Morgan fingerprint density at radius 3 is 2.65 bits per heavy atom. The number of nitrogens with zero attached hydrogens (tertiary/aromatic N) is 1. The molecule has 0 spiro atoms. The number of carbonyl (C=O) groups is 1. The average molecular weight is 426 g/mol. The summed E-state index contributed by atoms with van der Waals surface area (Å²) < 4.78 is 1.14. The highest BCUT2D eigenvalue weighted by atomic mass is 79.9. The van der Waals surface area contributed by atoms with Crippen molar-refractivity contribution in [2.45, 2.75) is 6.92 Å². The van der Waals surface area contributed by atoms with Gasteiger partial charge in [-0.15, -0.1) is 0 Å². The highest BCUT2D eigenvalue weighted by Crippen LogP contribution is 2.36. The number of carbonyl (C=O) groups excluding carboxylic acids is 1. The number of aliphatic hydroxyl groups is 2. The van der Waals surface area contributed by atoms with Crippen molar-refractivity contribution in [3.05, 3.63) is 37.2 Å². The third-order valence-electron chi connectivity index (χ3n) is 2.37. The topological polar surface area (TPSA) is 69.9 Å². The van der Waals surface area contributed by atoms with E-state index in [1.54, 1.807) is 12.1 Å². The smallest absolute Gasteiger partial charge is 0.165 e. The minimum atomic E-state index is -0.338. The third kappa shape index (κ3) is 4.15. The van der Waals surface area contributed by atoms with Gasteiger partial charge in [0.2, 0.25) is 0 Å². The van der Waals surface area contributed by atoms with Gasteiger partial charge in [-0.2, -0.15) is 0 Å². The molecule has 0 amide bonds. The zero-order chi connectivity index (χ0) is 15.3. The molecule has 7 heteroatoms. The molecule has 1 rings (SSSR count). The standard InChI is InChI=1S/C13H12Br2ClNO3/c1-7(19)9(6-17-4-5-18)13(20)8-2-3-10(14)12(16)11(8)15/h2-3,6,18,20H,4-5H2,1H3. The summed E-state index contributed by atoms with van der Waals surface area (Å²) in [6.45, 7) is 1.35. The summed E-state index contributed by atoms with van der Waals surface area (Å²) in [4.78, 5) is 15.4. The van der Waals surface area contributed by atoms with Gasteiger partial charge < -0.3 is 10.2 Å². The van der Waals surface area contributed by atoms with E-state index in [1.807, 2.05) is 0 Å². The van der Waals surface area contributed by atoms with E-state index in [4.69, 9.17) is 16.7 Å². The fourth-order valence-corrected chi connectivity index (χ4v) is 2.68. The van der Waals surface area contributed by atoms with Crippen LogP contribution in [0.2, 0.25) is 5.02 Å². The second kappa shape index (κ2) is 7.93. The Morgan fingerprint density at radius 2 is 2.10 bits per heavy atom. The Morgan fingerprint density at radius 1 is 1.45 bits per heavy atom. The first-order valence-corrected chi connectivity index (χ1v) is 7.55. The van der Waals surface area contributed by atoms with Crippen molar-refractivity contribution in [3.8, 4) is 0 Å². The van der Waals surface area contributed by atoms with Crippen LogP contribution in [-0.2, 0) is 4.79 Å². The summed E-state index contributed by atoms with van der Waals surface area (Å²) in [5.74, 6) is -0.560. The average Bonchev–Trinajstić information content (AvgIpc) is 2.40. The maximum absolute atomic E-state index is 11.6. The van der Waals surface area contributed by atoms with E-state index in [-0.39, 0.29) is 30.3 Å². The van der Waals surface area contributed by atoms with E-state index in [1.165, 1.54) is 13.1 Å². The molecule has 0 radical (unpaired) electrons. The molecule has 0 fully saturated rings. The van der Waals surface area contributed by atoms with Crippen LogP contribution in [0.15, 0.2) is 31.6 Å². The number of rotatable bonds is 5. The van der Waals surface area contributed by atoms with Crippen LogP contribution in [0.4, 0.5) is 0 Å². The van der Waals surface area contributed by atoms with Crippen molar-refractivity contribution in [1.82, 2.24) is 0 Å². The first kappa shape index (κ1) is 17.4. The molecule has 1 aromatic carbocycles. The van der Waals surface area contributed by atoms with Gasteiger partial charge in [-0.3, -0.25) is 9.79 Å². The predicted molar refractivity (Wildman–Crippen MR) is 87.5 cm³/mol. The van der Waals surface area contributed by atoms with Crippen LogP contribution in [0.5, 0.6) is 0 Å². The highest BCUT2D eigenvalue weighted by molar-refractivity contribution is 9.11. The summed E-state index contributed by atoms with van der Waals surface area (Å²) in [6.07, 6.45) is 1.25. The number of halogens is 3. The number of hydrogen-bond donors (Lipinski definition) is 2. The molecule has 0 heterocycles. The van der Waals surface area contributed by atoms with Crippen molar-refractivity contribution in [1.29, 1.82) is 0 Å². The summed E-state index contributed by atoms with van der Waals surface area (Å²) in [6, 6.07) is 3.29. The largest absolute Gasteiger partial charge is 0.506 e. The predicted octanol–water partition coefficient (Wildman–Crippen LogP) is 3.79. The molecule has 4 nitrogen and oxygen atoms in total. The maximum atomic E-state index is 11.6. The van der Waals surface area contributed by atoms with E-state index in [0.29, 0.717) is 19.5 Å². The second-order valence-electron chi connectivity index (χ2n) is 3.80. The molecule has 0 aliphatic heterocycles. The third-order valence-corrected chi connectivity index (χ3v) is 4.71. The van der Waals surface area contributed by atoms with Gasteiger partial charge in [0.1, 0.15) is 5.76 Å². The second-order valence-corrected chi connectivity index (χ2v) is 5.83. The van der Waals surface area contributed by atoms with Crippen LogP contribution >= 0.6 is 43.5 Å². The molecule has 2 N–H and O–H groups in total. The van der Waals surface area contributed by atoms with Gasteiger partial charge in [0.25, 0.3) is 0 Å². The molecule has 0 bridgehead atoms. The Labute approximate surface area is 138 Å².